The fourth-order valence-electron chi connectivity index (χ4n) is 4.69. The van der Waals surface area contributed by atoms with E-state index < -0.39 is 23.7 Å². The van der Waals surface area contributed by atoms with Crippen molar-refractivity contribution in [2.45, 2.75) is 88.9 Å². The van der Waals surface area contributed by atoms with Gasteiger partial charge in [-0.15, -0.1) is 0 Å². The van der Waals surface area contributed by atoms with Gasteiger partial charge in [-0.25, -0.2) is 14.6 Å². The van der Waals surface area contributed by atoms with Gasteiger partial charge in [0.25, 0.3) is 0 Å². The summed E-state index contributed by atoms with van der Waals surface area (Å²) in [5, 5.41) is 15.2. The van der Waals surface area contributed by atoms with E-state index in [4.69, 9.17) is 14.5 Å². The largest absolute Gasteiger partial charge is 0.480 e. The highest BCUT2D eigenvalue weighted by molar-refractivity contribution is 5.80. The molecule has 0 spiro atoms. The highest BCUT2D eigenvalue weighted by atomic mass is 16.6. The summed E-state index contributed by atoms with van der Waals surface area (Å²) >= 11 is 0. The molecule has 176 valence electrons. The molecule has 2 heterocycles. The molecule has 2 aliphatic carbocycles. The van der Waals surface area contributed by atoms with Gasteiger partial charge in [-0.05, 0) is 82.3 Å². The molecule has 32 heavy (non-hydrogen) atoms. The molecule has 1 aliphatic heterocycles. The number of fused-ring (bicyclic) bond motifs is 1. The van der Waals surface area contributed by atoms with E-state index in [1.807, 2.05) is 6.92 Å². The lowest BCUT2D eigenvalue weighted by Crippen LogP contribution is -2.47. The summed E-state index contributed by atoms with van der Waals surface area (Å²) in [6, 6.07) is 3.35. The van der Waals surface area contributed by atoms with Gasteiger partial charge in [0.2, 0.25) is 0 Å². The first-order chi connectivity index (χ1) is 15.4. The molecule has 2 fully saturated rings. The molecular weight excluding hydrogens is 410 g/mol. The van der Waals surface area contributed by atoms with Crippen LogP contribution in [0.1, 0.15) is 69.5 Å². The van der Waals surface area contributed by atoms with Gasteiger partial charge < -0.3 is 25.2 Å². The Kier molecular flexibility index (Phi) is 7.18. The summed E-state index contributed by atoms with van der Waals surface area (Å²) in [5.41, 5.74) is 2.01. The lowest BCUT2D eigenvalue weighted by Gasteiger charge is -2.37. The Bertz CT molecular complexity index is 820. The summed E-state index contributed by atoms with van der Waals surface area (Å²) in [7, 11) is 0. The van der Waals surface area contributed by atoms with Crippen molar-refractivity contribution in [1.29, 1.82) is 0 Å². The number of amides is 1. The molecule has 0 bridgehead atoms. The molecule has 8 heteroatoms. The van der Waals surface area contributed by atoms with Crippen LogP contribution in [0.5, 0.6) is 0 Å². The molecule has 1 aromatic rings. The van der Waals surface area contributed by atoms with Gasteiger partial charge >= 0.3 is 12.1 Å². The van der Waals surface area contributed by atoms with Crippen molar-refractivity contribution in [3.63, 3.8) is 0 Å². The van der Waals surface area contributed by atoms with E-state index in [1.54, 1.807) is 0 Å². The van der Waals surface area contributed by atoms with Crippen LogP contribution in [0.15, 0.2) is 12.1 Å². The zero-order valence-corrected chi connectivity index (χ0v) is 18.9. The first-order valence-electron chi connectivity index (χ1n) is 12.0. The second kappa shape index (κ2) is 10.1. The minimum atomic E-state index is -1.07. The molecule has 4 rings (SSSR count). The minimum absolute atomic E-state index is 0.174. The van der Waals surface area contributed by atoms with Gasteiger partial charge in [-0.3, -0.25) is 0 Å². The number of aromatic nitrogens is 1. The maximum atomic E-state index is 12.0. The number of carbonyl (C=O) groups excluding carboxylic acids is 1. The van der Waals surface area contributed by atoms with Crippen LogP contribution >= 0.6 is 0 Å². The number of hydrogen-bond donors (Lipinski definition) is 3. The highest BCUT2D eigenvalue weighted by Gasteiger charge is 2.37. The van der Waals surface area contributed by atoms with Gasteiger partial charge in [0.05, 0.1) is 6.10 Å². The average Bonchev–Trinajstić information content (AvgIpc) is 2.72. The van der Waals surface area contributed by atoms with E-state index in [9.17, 15) is 14.7 Å². The van der Waals surface area contributed by atoms with Gasteiger partial charge in [0.1, 0.15) is 17.5 Å². The Hall–Kier alpha value is -2.35. The molecule has 3 aliphatic rings. The number of carbonyl (C=O) groups is 2. The Morgan fingerprint density at radius 2 is 2.12 bits per heavy atom. The summed E-state index contributed by atoms with van der Waals surface area (Å²) < 4.78 is 11.2. The zero-order valence-electron chi connectivity index (χ0n) is 18.9. The predicted molar refractivity (Wildman–Crippen MR) is 120 cm³/mol. The van der Waals surface area contributed by atoms with Crippen LogP contribution in [0.25, 0.3) is 0 Å². The highest BCUT2D eigenvalue weighted by Crippen LogP contribution is 2.35. The molecule has 2 saturated carbocycles. The van der Waals surface area contributed by atoms with E-state index in [0.717, 1.165) is 69.4 Å². The third-order valence-electron chi connectivity index (χ3n) is 7.05. The maximum Gasteiger partial charge on any atom is 0.408 e. The van der Waals surface area contributed by atoms with Crippen LogP contribution < -0.4 is 10.6 Å². The van der Waals surface area contributed by atoms with Crippen molar-refractivity contribution < 1.29 is 24.2 Å². The van der Waals surface area contributed by atoms with Crippen LogP contribution in [0.4, 0.5) is 10.6 Å². The third kappa shape index (κ3) is 5.91. The minimum Gasteiger partial charge on any atom is -0.480 e. The molecule has 1 amide bonds. The first kappa shape index (κ1) is 22.8. The van der Waals surface area contributed by atoms with E-state index in [1.165, 1.54) is 12.0 Å². The number of ether oxygens (including phenoxy) is 2. The van der Waals surface area contributed by atoms with Crippen molar-refractivity contribution in [2.75, 3.05) is 18.5 Å². The van der Waals surface area contributed by atoms with Crippen molar-refractivity contribution in [3.05, 3.63) is 23.4 Å². The summed E-state index contributed by atoms with van der Waals surface area (Å²) in [5.74, 6) is 0.607. The molecule has 0 saturated heterocycles. The fraction of sp³-hybridized carbons (Fsp3) is 0.708. The predicted octanol–water partition coefficient (Wildman–Crippen LogP) is 3.68. The Labute approximate surface area is 189 Å². The number of carboxylic acids is 1. The second-order valence-electron chi connectivity index (χ2n) is 9.73. The second-order valence-corrected chi connectivity index (χ2v) is 9.73. The van der Waals surface area contributed by atoms with Gasteiger partial charge in [-0.1, -0.05) is 6.07 Å². The van der Waals surface area contributed by atoms with Gasteiger partial charge in [0.15, 0.2) is 0 Å². The molecule has 0 aromatic carbocycles. The first-order valence-corrected chi connectivity index (χ1v) is 12.0. The number of pyridine rings is 1. The summed E-state index contributed by atoms with van der Waals surface area (Å²) in [6.45, 7) is 3.19. The van der Waals surface area contributed by atoms with Crippen molar-refractivity contribution in [1.82, 2.24) is 10.3 Å². The monoisotopic (exact) mass is 445 g/mol. The Balaban J connectivity index is 1.11. The maximum absolute atomic E-state index is 12.0. The number of nitrogens with zero attached hydrogens (tertiary/aromatic N) is 1. The van der Waals surface area contributed by atoms with Gasteiger partial charge in [0, 0.05) is 25.3 Å². The fourth-order valence-corrected chi connectivity index (χ4v) is 4.69. The Morgan fingerprint density at radius 3 is 2.84 bits per heavy atom. The molecule has 1 atom stereocenters. The Morgan fingerprint density at radius 1 is 1.31 bits per heavy atom. The number of carboxylic acid groups (broad SMARTS) is 1. The van der Waals surface area contributed by atoms with Crippen LogP contribution in [0.3, 0.4) is 0 Å². The quantitative estimate of drug-likeness (QED) is 0.504. The standard InChI is InChI=1S/C24H35N3O5/c1-24(10-3-11-24)32-23(30)27-20(22(28)29)9-13-31-19-14-16(15-19)5-7-18-8-6-17-4-2-12-25-21(17)26-18/h6,8,16,19-20H,2-5,7,9-15H2,1H3,(H,25,26)(H,27,30)(H,28,29)/t16-,19-,20-/m0/s1. The molecular formula is C24H35N3O5. The number of alkyl carbamates (subject to hydrolysis) is 1. The molecule has 1 aromatic heterocycles. The molecule has 3 N–H and O–H groups in total. The van der Waals surface area contributed by atoms with Crippen molar-refractivity contribution >= 4 is 17.9 Å². The summed E-state index contributed by atoms with van der Waals surface area (Å²) in [6.07, 6.45) is 8.76. The smallest absolute Gasteiger partial charge is 0.408 e. The van der Waals surface area contributed by atoms with Gasteiger partial charge in [-0.2, -0.15) is 0 Å². The zero-order chi connectivity index (χ0) is 22.6. The van der Waals surface area contributed by atoms with Crippen LogP contribution in [0.2, 0.25) is 0 Å². The number of aliphatic carboxylic acids is 1. The van der Waals surface area contributed by atoms with E-state index in [-0.39, 0.29) is 12.5 Å². The lowest BCUT2D eigenvalue weighted by molar-refractivity contribution is -0.140. The molecule has 0 radical (unpaired) electrons. The SMILES string of the molecule is CC1(OC(=O)N[C@@H](CCO[C@H]2C[C@H](CCc3ccc4c(n3)NCCC4)C2)C(=O)O)CCC1. The normalized spacial score (nSPS) is 24.2. The van der Waals surface area contributed by atoms with E-state index in [0.29, 0.717) is 12.5 Å². The lowest BCUT2D eigenvalue weighted by atomic mass is 9.79. The third-order valence-corrected chi connectivity index (χ3v) is 7.05. The van der Waals surface area contributed by atoms with Crippen molar-refractivity contribution in [2.24, 2.45) is 5.92 Å². The van der Waals surface area contributed by atoms with Crippen LogP contribution in [-0.2, 0) is 27.1 Å². The van der Waals surface area contributed by atoms with Crippen LogP contribution in [0, 0.1) is 5.92 Å². The van der Waals surface area contributed by atoms with E-state index in [2.05, 4.69) is 22.8 Å². The van der Waals surface area contributed by atoms with E-state index >= 15 is 0 Å². The number of anilines is 1. The molecule has 8 nitrogen and oxygen atoms in total. The summed E-state index contributed by atoms with van der Waals surface area (Å²) in [4.78, 5) is 28.2. The van der Waals surface area contributed by atoms with Crippen LogP contribution in [-0.4, -0.2) is 53.1 Å². The topological polar surface area (TPSA) is 110 Å². The molecule has 0 unspecified atom stereocenters. The average molecular weight is 446 g/mol. The number of nitrogens with one attached hydrogen (secondary N) is 2. The number of aryl methyl sites for hydroxylation is 2. The number of rotatable bonds is 10. The van der Waals surface area contributed by atoms with Crippen molar-refractivity contribution in [3.8, 4) is 0 Å². The number of hydrogen-bond acceptors (Lipinski definition) is 6.